The summed E-state index contributed by atoms with van der Waals surface area (Å²) in [4.78, 5) is 30.9. The molecule has 1 saturated carbocycles. The number of para-hydroxylation sites is 2. The Labute approximate surface area is 195 Å². The molecule has 0 aliphatic heterocycles. The molecule has 33 heavy (non-hydrogen) atoms. The van der Waals surface area contributed by atoms with Crippen molar-refractivity contribution >= 4 is 22.9 Å². The summed E-state index contributed by atoms with van der Waals surface area (Å²) in [5.41, 5.74) is 6.82. The van der Waals surface area contributed by atoms with E-state index in [-0.39, 0.29) is 13.1 Å². The molecule has 1 amide bonds. The number of fused-ring (bicyclic) bond motifs is 1. The summed E-state index contributed by atoms with van der Waals surface area (Å²) in [6.45, 7) is 4.09. The Morgan fingerprint density at radius 1 is 1.12 bits per heavy atom. The van der Waals surface area contributed by atoms with Crippen LogP contribution in [-0.2, 0) is 14.3 Å². The molecule has 0 radical (unpaired) electrons. The van der Waals surface area contributed by atoms with E-state index in [2.05, 4.69) is 0 Å². The smallest absolute Gasteiger partial charge is 0.508 e. The van der Waals surface area contributed by atoms with Gasteiger partial charge in [-0.15, -0.1) is 0 Å². The summed E-state index contributed by atoms with van der Waals surface area (Å²) in [5, 5.41) is 9.75. The number of phenols is 1. The van der Waals surface area contributed by atoms with E-state index < -0.39 is 23.5 Å². The number of benzene rings is 2. The molecule has 1 aliphatic carbocycles. The molecule has 0 spiro atoms. The molecule has 2 aromatic carbocycles. The van der Waals surface area contributed by atoms with Gasteiger partial charge >= 0.3 is 7.40 Å². The molecule has 3 aromatic rings. The van der Waals surface area contributed by atoms with Gasteiger partial charge in [-0.3, -0.25) is 4.79 Å². The van der Waals surface area contributed by atoms with E-state index in [0.717, 1.165) is 35.9 Å². The molecule has 7 heteroatoms. The Balaban J connectivity index is 0.00000324. The fourth-order valence-electron chi connectivity index (χ4n) is 4.71. The number of ether oxygens (including phenoxy) is 1. The third-order valence-electron chi connectivity index (χ3n) is 6.41. The van der Waals surface area contributed by atoms with Crippen molar-refractivity contribution in [2.75, 3.05) is 0 Å². The summed E-state index contributed by atoms with van der Waals surface area (Å²) in [5.74, 6) is -0.0937. The van der Waals surface area contributed by atoms with Crippen molar-refractivity contribution in [3.8, 4) is 17.1 Å². The summed E-state index contributed by atoms with van der Waals surface area (Å²) in [6, 6.07) is 13.7. The third-order valence-corrected chi connectivity index (χ3v) is 6.41. The van der Waals surface area contributed by atoms with Crippen LogP contribution in [0, 0.1) is 5.92 Å². The lowest BCUT2D eigenvalue weighted by Gasteiger charge is -2.35. The molecule has 1 aromatic heterocycles. The third kappa shape index (κ3) is 4.58. The predicted octanol–water partition coefficient (Wildman–Crippen LogP) is 4.84. The minimum Gasteiger partial charge on any atom is -0.508 e. The van der Waals surface area contributed by atoms with Crippen LogP contribution in [-0.4, -0.2) is 32.1 Å². The molecule has 1 fully saturated rings. The molecular formula is C26H32N3O4+. The van der Waals surface area contributed by atoms with Gasteiger partial charge in [-0.2, -0.15) is 0 Å². The number of amides is 1. The van der Waals surface area contributed by atoms with Crippen LogP contribution in [0.4, 0.5) is 0 Å². The molecule has 3 N–H and O–H groups in total. The maximum absolute atomic E-state index is 13.7. The van der Waals surface area contributed by atoms with E-state index >= 15 is 0 Å². The van der Waals surface area contributed by atoms with E-state index in [0.29, 0.717) is 25.1 Å². The molecule has 0 bridgehead atoms. The predicted molar refractivity (Wildman–Crippen MR) is 128 cm³/mol. The van der Waals surface area contributed by atoms with Gasteiger partial charge in [-0.1, -0.05) is 32.4 Å². The monoisotopic (exact) mass is 450 g/mol. The Morgan fingerprint density at radius 2 is 1.79 bits per heavy atom. The SMILES string of the molecule is CC(C)CC(C(=O)OC1(C(N)=O)CCCCC1)n1c(-c2ccc(O)cc2)nc2ccccc21.[H+]. The number of aromatic hydroxyl groups is 1. The molecule has 1 atom stereocenters. The fourth-order valence-corrected chi connectivity index (χ4v) is 4.71. The van der Waals surface area contributed by atoms with Gasteiger partial charge < -0.3 is 20.1 Å². The van der Waals surface area contributed by atoms with Crippen molar-refractivity contribution in [2.24, 2.45) is 11.7 Å². The number of esters is 1. The number of primary amides is 1. The van der Waals surface area contributed by atoms with Crippen molar-refractivity contribution in [1.82, 2.24) is 9.55 Å². The van der Waals surface area contributed by atoms with Gasteiger partial charge in [-0.25, -0.2) is 9.78 Å². The van der Waals surface area contributed by atoms with E-state index in [1.807, 2.05) is 42.7 Å². The van der Waals surface area contributed by atoms with Crippen molar-refractivity contribution in [3.05, 3.63) is 48.5 Å². The lowest BCUT2D eigenvalue weighted by Crippen LogP contribution is -2.50. The van der Waals surface area contributed by atoms with E-state index in [9.17, 15) is 14.7 Å². The number of imidazole rings is 1. The molecule has 174 valence electrons. The van der Waals surface area contributed by atoms with Crippen LogP contribution >= 0.6 is 0 Å². The topological polar surface area (TPSA) is 107 Å². The van der Waals surface area contributed by atoms with Crippen molar-refractivity contribution in [1.29, 1.82) is 0 Å². The van der Waals surface area contributed by atoms with Crippen LogP contribution in [0.15, 0.2) is 48.5 Å². The number of rotatable bonds is 7. The molecule has 1 aliphatic rings. The molecule has 7 nitrogen and oxygen atoms in total. The molecular weight excluding hydrogens is 418 g/mol. The number of hydrogen-bond donors (Lipinski definition) is 2. The van der Waals surface area contributed by atoms with Crippen LogP contribution in [0.3, 0.4) is 0 Å². The van der Waals surface area contributed by atoms with Crippen molar-refractivity contribution in [3.63, 3.8) is 0 Å². The number of carbonyl (C=O) groups excluding carboxylic acids is 2. The maximum Gasteiger partial charge on any atom is 1.00 e. The number of aromatic nitrogens is 2. The maximum atomic E-state index is 13.7. The summed E-state index contributed by atoms with van der Waals surface area (Å²) >= 11 is 0. The van der Waals surface area contributed by atoms with Gasteiger partial charge in [0, 0.05) is 5.56 Å². The number of carbonyl (C=O) groups is 2. The highest BCUT2D eigenvalue weighted by Gasteiger charge is 2.43. The number of phenolic OH excluding ortho intramolecular Hbond substituents is 1. The lowest BCUT2D eigenvalue weighted by molar-refractivity contribution is -0.174. The van der Waals surface area contributed by atoms with Gasteiger partial charge in [0.25, 0.3) is 5.91 Å². The average Bonchev–Trinajstić information content (AvgIpc) is 3.17. The van der Waals surface area contributed by atoms with Gasteiger partial charge in [0.15, 0.2) is 5.60 Å². The normalized spacial score (nSPS) is 16.6. The van der Waals surface area contributed by atoms with Gasteiger partial charge in [-0.05, 0) is 74.4 Å². The second-order valence-electron chi connectivity index (χ2n) is 9.33. The van der Waals surface area contributed by atoms with Crippen LogP contribution in [0.2, 0.25) is 0 Å². The van der Waals surface area contributed by atoms with Crippen LogP contribution < -0.4 is 5.73 Å². The van der Waals surface area contributed by atoms with E-state index in [1.54, 1.807) is 24.3 Å². The van der Waals surface area contributed by atoms with E-state index in [1.165, 1.54) is 0 Å². The second-order valence-corrected chi connectivity index (χ2v) is 9.33. The van der Waals surface area contributed by atoms with Crippen molar-refractivity contribution < 1.29 is 20.9 Å². The highest BCUT2D eigenvalue weighted by atomic mass is 16.6. The molecule has 4 rings (SSSR count). The first-order chi connectivity index (χ1) is 15.8. The first-order valence-electron chi connectivity index (χ1n) is 11.6. The zero-order valence-electron chi connectivity index (χ0n) is 20.2. The van der Waals surface area contributed by atoms with Crippen molar-refractivity contribution in [2.45, 2.75) is 64.0 Å². The minimum absolute atomic E-state index is 0. The molecule has 1 unspecified atom stereocenters. The summed E-state index contributed by atoms with van der Waals surface area (Å²) in [6.07, 6.45) is 4.03. The van der Waals surface area contributed by atoms with Crippen LogP contribution in [0.1, 0.15) is 59.8 Å². The van der Waals surface area contributed by atoms with E-state index in [4.69, 9.17) is 15.5 Å². The standard InChI is InChI=1S/C26H31N3O4/c1-17(2)16-22(24(31)33-26(25(27)32)14-6-3-7-15-26)29-21-9-5-4-8-20(21)28-23(29)18-10-12-19(30)13-11-18/h4-5,8-13,17,22,30H,3,6-7,14-16H2,1-2H3,(H2,27,32)/p+1. The Bertz CT molecular complexity index is 1150. The van der Waals surface area contributed by atoms with Gasteiger partial charge in [0.05, 0.1) is 11.0 Å². The average molecular weight is 451 g/mol. The highest BCUT2D eigenvalue weighted by molar-refractivity contribution is 5.89. The quantitative estimate of drug-likeness (QED) is 0.501. The Kier molecular flexibility index (Phi) is 6.40. The van der Waals surface area contributed by atoms with Gasteiger partial charge in [0.2, 0.25) is 0 Å². The Hall–Kier alpha value is -3.35. The zero-order chi connectivity index (χ0) is 23.6. The number of nitrogens with two attached hydrogens (primary N) is 1. The number of hydrogen-bond acceptors (Lipinski definition) is 5. The largest absolute Gasteiger partial charge is 1.00 e. The fraction of sp³-hybridized carbons (Fsp3) is 0.423. The lowest BCUT2D eigenvalue weighted by atomic mass is 9.84. The highest BCUT2D eigenvalue weighted by Crippen LogP contribution is 2.36. The van der Waals surface area contributed by atoms with Crippen LogP contribution in [0.25, 0.3) is 22.4 Å². The van der Waals surface area contributed by atoms with Gasteiger partial charge in [0.1, 0.15) is 17.6 Å². The second kappa shape index (κ2) is 9.25. The first kappa shape index (κ1) is 22.8. The first-order valence-corrected chi connectivity index (χ1v) is 11.6. The zero-order valence-corrected chi connectivity index (χ0v) is 19.2. The van der Waals surface area contributed by atoms with Crippen LogP contribution in [0.5, 0.6) is 5.75 Å². The summed E-state index contributed by atoms with van der Waals surface area (Å²) in [7, 11) is 0. The number of nitrogens with zero attached hydrogens (tertiary/aromatic N) is 2. The summed E-state index contributed by atoms with van der Waals surface area (Å²) < 4.78 is 7.89. The molecule has 0 saturated heterocycles. The Morgan fingerprint density at radius 3 is 2.42 bits per heavy atom. The minimum atomic E-state index is -1.25. The molecule has 1 heterocycles.